The number of hydrogen-bond donors (Lipinski definition) is 1. The van der Waals surface area contributed by atoms with Gasteiger partial charge in [0.25, 0.3) is 17.7 Å². The van der Waals surface area contributed by atoms with Gasteiger partial charge >= 0.3 is 0 Å². The maximum Gasteiger partial charge on any atom is 0.262 e. The zero-order valence-corrected chi connectivity index (χ0v) is 33.5. The van der Waals surface area contributed by atoms with Crippen molar-refractivity contribution in [3.63, 3.8) is 0 Å². The molecule has 59 heavy (non-hydrogen) atoms. The van der Waals surface area contributed by atoms with Crippen LogP contribution in [-0.4, -0.2) is 101 Å². The first-order valence-corrected chi connectivity index (χ1v) is 21.1. The van der Waals surface area contributed by atoms with E-state index in [1.807, 2.05) is 35.2 Å². The Bertz CT molecular complexity index is 2320. The molecule has 5 amide bonds. The summed E-state index contributed by atoms with van der Waals surface area (Å²) in [5.74, 6) is 6.17. The number of imide groups is 2. The highest BCUT2D eigenvalue weighted by molar-refractivity contribution is 6.31. The van der Waals surface area contributed by atoms with E-state index in [0.29, 0.717) is 51.5 Å². The number of fused-ring (bicyclic) bond motifs is 4. The summed E-state index contributed by atoms with van der Waals surface area (Å²) < 4.78 is 6.31. The van der Waals surface area contributed by atoms with Crippen molar-refractivity contribution < 1.29 is 28.7 Å². The van der Waals surface area contributed by atoms with Crippen LogP contribution in [0.15, 0.2) is 60.7 Å². The standard InChI is InChI=1S/C46H45ClN6O6/c47-39-25-36(11-8-31(39)26-48)59-41-24-35-9-7-32(41)27-52(35)44(56)30-5-3-28(4-6-30)1-2-29-15-19-50(20-16-29)33-17-21-51(22-18-33)34-10-12-37-38(23-34)46(58)53(45(37)57)40-13-14-42(54)49-43(40)55/h3-6,8,10-12,23,25,29,32-33,35,40-41H,7,9,13-22,24,27H2,(H,49,54,55). The highest BCUT2D eigenvalue weighted by atomic mass is 35.5. The molecule has 2 bridgehead atoms. The van der Waals surface area contributed by atoms with Crippen LogP contribution in [0.4, 0.5) is 5.69 Å². The van der Waals surface area contributed by atoms with Gasteiger partial charge < -0.3 is 19.4 Å². The molecule has 13 heteroatoms. The van der Waals surface area contributed by atoms with E-state index in [9.17, 15) is 29.2 Å². The smallest absolute Gasteiger partial charge is 0.262 e. The van der Waals surface area contributed by atoms with Gasteiger partial charge in [0, 0.05) is 79.3 Å². The van der Waals surface area contributed by atoms with Crippen molar-refractivity contribution in [3.8, 4) is 23.7 Å². The van der Waals surface area contributed by atoms with Crippen LogP contribution >= 0.6 is 11.6 Å². The highest BCUT2D eigenvalue weighted by Gasteiger charge is 2.46. The van der Waals surface area contributed by atoms with Gasteiger partial charge in [-0.25, -0.2) is 0 Å². The number of carbonyl (C=O) groups excluding carboxylic acids is 5. The molecular formula is C46H45ClN6O6. The van der Waals surface area contributed by atoms with Gasteiger partial charge in [-0.1, -0.05) is 23.4 Å². The third-order valence-corrected chi connectivity index (χ3v) is 13.5. The lowest BCUT2D eigenvalue weighted by atomic mass is 9.77. The molecular weight excluding hydrogens is 768 g/mol. The van der Waals surface area contributed by atoms with Crippen molar-refractivity contribution in [2.24, 2.45) is 11.8 Å². The third-order valence-electron chi connectivity index (χ3n) is 13.2. The first-order valence-electron chi connectivity index (χ1n) is 20.8. The lowest BCUT2D eigenvalue weighted by Crippen LogP contribution is -2.57. The number of amides is 5. The number of nitrogens with one attached hydrogen (secondary N) is 1. The summed E-state index contributed by atoms with van der Waals surface area (Å²) in [5.41, 5.74) is 3.51. The molecule has 1 aliphatic carbocycles. The van der Waals surface area contributed by atoms with E-state index < -0.39 is 29.7 Å². The lowest BCUT2D eigenvalue weighted by Gasteiger charge is -2.49. The largest absolute Gasteiger partial charge is 0.490 e. The fourth-order valence-electron chi connectivity index (χ4n) is 9.89. The zero-order valence-electron chi connectivity index (χ0n) is 32.7. The number of likely N-dealkylation sites (tertiary alicyclic amines) is 1. The molecule has 3 aromatic carbocycles. The first kappa shape index (κ1) is 38.8. The molecule has 7 aliphatic rings. The quantitative estimate of drug-likeness (QED) is 0.255. The molecule has 4 atom stereocenters. The fourth-order valence-corrected chi connectivity index (χ4v) is 10.1. The van der Waals surface area contributed by atoms with Crippen molar-refractivity contribution in [1.29, 1.82) is 5.26 Å². The van der Waals surface area contributed by atoms with Gasteiger partial charge in [0.15, 0.2) is 0 Å². The summed E-state index contributed by atoms with van der Waals surface area (Å²) in [6, 6.07) is 19.9. The Morgan fingerprint density at radius 2 is 1.58 bits per heavy atom. The van der Waals surface area contributed by atoms with E-state index in [4.69, 9.17) is 16.3 Å². The van der Waals surface area contributed by atoms with Gasteiger partial charge in [0.2, 0.25) is 11.8 Å². The van der Waals surface area contributed by atoms with Crippen LogP contribution in [0.3, 0.4) is 0 Å². The Labute approximate surface area is 348 Å². The monoisotopic (exact) mass is 812 g/mol. The van der Waals surface area contributed by atoms with E-state index >= 15 is 0 Å². The first-order chi connectivity index (χ1) is 28.6. The average molecular weight is 813 g/mol. The minimum Gasteiger partial charge on any atom is -0.490 e. The molecule has 302 valence electrons. The van der Waals surface area contributed by atoms with Gasteiger partial charge in [-0.15, -0.1) is 0 Å². The van der Waals surface area contributed by atoms with Crippen molar-refractivity contribution in [3.05, 3.63) is 93.5 Å². The number of rotatable bonds is 6. The molecule has 1 N–H and O–H groups in total. The highest BCUT2D eigenvalue weighted by Crippen LogP contribution is 2.39. The normalized spacial score (nSPS) is 25.0. The van der Waals surface area contributed by atoms with Crippen molar-refractivity contribution in [1.82, 2.24) is 20.0 Å². The predicted octanol–water partition coefficient (Wildman–Crippen LogP) is 5.42. The van der Waals surface area contributed by atoms with Crippen LogP contribution in [0, 0.1) is 35.0 Å². The molecule has 4 unspecified atom stereocenters. The summed E-state index contributed by atoms with van der Waals surface area (Å²) in [7, 11) is 0. The summed E-state index contributed by atoms with van der Waals surface area (Å²) in [6.07, 6.45) is 6.99. The molecule has 10 rings (SSSR count). The van der Waals surface area contributed by atoms with Crippen LogP contribution in [-0.2, 0) is 9.59 Å². The number of hydrogen-bond acceptors (Lipinski definition) is 9. The number of halogens is 1. The molecule has 1 saturated carbocycles. The number of benzene rings is 3. The summed E-state index contributed by atoms with van der Waals surface area (Å²) in [6.45, 7) is 4.32. The fraction of sp³-hybridized carbons (Fsp3) is 0.435. The van der Waals surface area contributed by atoms with Gasteiger partial charge in [-0.2, -0.15) is 5.26 Å². The Balaban J connectivity index is 0.732. The minimum atomic E-state index is -0.972. The van der Waals surface area contributed by atoms with E-state index in [2.05, 4.69) is 33.0 Å². The van der Waals surface area contributed by atoms with Crippen LogP contribution in [0.25, 0.3) is 0 Å². The van der Waals surface area contributed by atoms with Crippen molar-refractivity contribution >= 4 is 46.8 Å². The van der Waals surface area contributed by atoms with Crippen LogP contribution in [0.1, 0.15) is 100.0 Å². The molecule has 5 saturated heterocycles. The predicted molar refractivity (Wildman–Crippen MR) is 219 cm³/mol. The summed E-state index contributed by atoms with van der Waals surface area (Å²) in [4.78, 5) is 72.0. The van der Waals surface area contributed by atoms with E-state index in [1.165, 1.54) is 0 Å². The number of anilines is 1. The third kappa shape index (κ3) is 7.68. The number of ether oxygens (including phenoxy) is 1. The Morgan fingerprint density at radius 1 is 0.814 bits per heavy atom. The maximum absolute atomic E-state index is 13.6. The second kappa shape index (κ2) is 16.2. The molecule has 0 spiro atoms. The topological polar surface area (TPSA) is 143 Å². The summed E-state index contributed by atoms with van der Waals surface area (Å²) in [5, 5.41) is 11.8. The van der Waals surface area contributed by atoms with Crippen molar-refractivity contribution in [2.75, 3.05) is 37.6 Å². The van der Waals surface area contributed by atoms with Gasteiger partial charge in [0.05, 0.1) is 21.7 Å². The van der Waals surface area contributed by atoms with E-state index in [1.54, 1.807) is 30.3 Å². The van der Waals surface area contributed by atoms with Gasteiger partial charge in [-0.3, -0.25) is 34.2 Å². The summed E-state index contributed by atoms with van der Waals surface area (Å²) >= 11 is 6.23. The van der Waals surface area contributed by atoms with Crippen LogP contribution in [0.5, 0.6) is 5.75 Å². The minimum absolute atomic E-state index is 0.00790. The Kier molecular flexibility index (Phi) is 10.6. The molecule has 0 radical (unpaired) electrons. The molecule has 6 fully saturated rings. The second-order valence-electron chi connectivity index (χ2n) is 16.6. The molecule has 0 aromatic heterocycles. The van der Waals surface area contributed by atoms with Gasteiger partial charge in [0.1, 0.15) is 24.0 Å². The van der Waals surface area contributed by atoms with Crippen LogP contribution < -0.4 is 15.0 Å². The molecule has 6 aliphatic heterocycles. The Morgan fingerprint density at radius 3 is 2.27 bits per heavy atom. The zero-order chi connectivity index (χ0) is 40.8. The SMILES string of the molecule is N#Cc1ccc(OC2CC3CCC2CN3C(=O)c2ccc(C#CC3CCN(C4CCN(c5ccc6c(c5)C(=O)N(C5CCC(=O)NC5=O)C6=O)CC4)CC3)cc2)cc1Cl. The van der Waals surface area contributed by atoms with Crippen molar-refractivity contribution in [2.45, 2.75) is 82.0 Å². The molecule has 12 nitrogen and oxygen atoms in total. The second-order valence-corrected chi connectivity index (χ2v) is 17.1. The van der Waals surface area contributed by atoms with E-state index in [0.717, 1.165) is 87.3 Å². The average Bonchev–Trinajstić information content (AvgIpc) is 3.51. The number of nitriles is 1. The molecule has 6 heterocycles. The molecule has 3 aromatic rings. The number of nitrogens with zero attached hydrogens (tertiary/aromatic N) is 5. The maximum atomic E-state index is 13.6. The van der Waals surface area contributed by atoms with Crippen LogP contribution in [0.2, 0.25) is 5.02 Å². The van der Waals surface area contributed by atoms with Gasteiger partial charge in [-0.05, 0) is 113 Å². The number of carbonyl (C=O) groups is 5. The lowest BCUT2D eigenvalue weighted by molar-refractivity contribution is -0.136. The Hall–Kier alpha value is -5.69. The number of piperidine rings is 5. The van der Waals surface area contributed by atoms with E-state index in [-0.39, 0.29) is 36.8 Å².